The number of carbonyl (C=O) groups excluding carboxylic acids is 1. The summed E-state index contributed by atoms with van der Waals surface area (Å²) >= 11 is 0. The van der Waals surface area contributed by atoms with Gasteiger partial charge in [0.05, 0.1) is 18.8 Å². The number of ether oxygens (including phenoxy) is 1. The molecule has 10 nitrogen and oxygen atoms in total. The lowest BCUT2D eigenvalue weighted by atomic mass is 9.99. The lowest BCUT2D eigenvalue weighted by Gasteiger charge is -2.38. The van der Waals surface area contributed by atoms with Crippen molar-refractivity contribution in [3.05, 3.63) is 52.9 Å². The lowest BCUT2D eigenvalue weighted by Crippen LogP contribution is -2.49. The molecule has 5 heterocycles. The van der Waals surface area contributed by atoms with Crippen molar-refractivity contribution < 1.29 is 19.0 Å². The number of anilines is 2. The molecule has 2 saturated heterocycles. The predicted molar refractivity (Wildman–Crippen MR) is 166 cm³/mol. The number of aromatic nitrogens is 3. The number of halogens is 1. The van der Waals surface area contributed by atoms with Crippen LogP contribution in [-0.4, -0.2) is 107 Å². The summed E-state index contributed by atoms with van der Waals surface area (Å²) in [5.41, 5.74) is 5.68. The number of benzene rings is 1. The number of amides is 1. The Bertz CT molecular complexity index is 1530. The van der Waals surface area contributed by atoms with Gasteiger partial charge in [0.25, 0.3) is 0 Å². The quantitative estimate of drug-likeness (QED) is 0.405. The first-order valence-electron chi connectivity index (χ1n) is 15.2. The fourth-order valence-electron chi connectivity index (χ4n) is 6.85. The highest BCUT2D eigenvalue weighted by atomic mass is 19.1. The minimum Gasteiger partial charge on any atom is -0.462 e. The second kappa shape index (κ2) is 11.8. The predicted octanol–water partition coefficient (Wildman–Crippen LogP) is 3.15. The average Bonchev–Trinajstić information content (AvgIpc) is 3.56. The van der Waals surface area contributed by atoms with Crippen molar-refractivity contribution in [1.29, 1.82) is 0 Å². The van der Waals surface area contributed by atoms with Gasteiger partial charge in [-0.1, -0.05) is 6.08 Å². The van der Waals surface area contributed by atoms with E-state index < -0.39 is 5.67 Å². The molecule has 11 heteroatoms. The second-order valence-corrected chi connectivity index (χ2v) is 12.4. The molecular weight excluding hydrogens is 549 g/mol. The SMILES string of the molecule is Cc1cc2[nH]ccc2c(N2CCc3c(nc(OC[C@@H]4CC(C)(F)CN4C)nc3N3CCN(C(=O)/C=C/CO)CC3)C2)c1C. The zero-order chi connectivity index (χ0) is 30.3. The number of likely N-dealkylation sites (tertiary alicyclic amines) is 1. The van der Waals surface area contributed by atoms with E-state index in [9.17, 15) is 9.18 Å². The van der Waals surface area contributed by atoms with E-state index in [-0.39, 0.29) is 18.6 Å². The number of hydrogen-bond donors (Lipinski definition) is 2. The van der Waals surface area contributed by atoms with Crippen molar-refractivity contribution in [3.8, 4) is 6.01 Å². The number of hydrogen-bond acceptors (Lipinski definition) is 8. The molecule has 0 bridgehead atoms. The van der Waals surface area contributed by atoms with E-state index in [1.807, 2.05) is 18.1 Å². The number of aliphatic hydroxyl groups is 1. The molecule has 43 heavy (non-hydrogen) atoms. The van der Waals surface area contributed by atoms with Crippen LogP contribution in [0.4, 0.5) is 15.9 Å². The summed E-state index contributed by atoms with van der Waals surface area (Å²) in [4.78, 5) is 34.2. The second-order valence-electron chi connectivity index (χ2n) is 12.4. The maximum atomic E-state index is 14.7. The molecule has 0 aliphatic carbocycles. The number of carbonyl (C=O) groups is 1. The highest BCUT2D eigenvalue weighted by Crippen LogP contribution is 2.37. The number of aromatic amines is 1. The first-order chi connectivity index (χ1) is 20.6. The van der Waals surface area contributed by atoms with Crippen molar-refractivity contribution in [1.82, 2.24) is 24.8 Å². The molecule has 0 radical (unpaired) electrons. The van der Waals surface area contributed by atoms with Gasteiger partial charge in [-0.25, -0.2) is 4.39 Å². The standard InChI is InChI=1S/C32H42FN7O3/c1-21-16-26-24(7-9-34-26)29(22(21)2)40-10-8-25-27(18-40)35-31(43-19-23-17-32(3,33)20-37(23)4)36-30(25)39-13-11-38(12-14-39)28(42)6-5-15-41/h5-7,9,16,23,34,41H,8,10-15,17-20H2,1-4H3/b6-5+/t23-,32?/m0/s1. The van der Waals surface area contributed by atoms with E-state index in [2.05, 4.69) is 40.8 Å². The molecular formula is C32H42FN7O3. The number of nitrogens with one attached hydrogen (secondary N) is 1. The number of fused-ring (bicyclic) bond motifs is 2. The number of aryl methyl sites for hydroxylation is 1. The van der Waals surface area contributed by atoms with Gasteiger partial charge >= 0.3 is 6.01 Å². The van der Waals surface area contributed by atoms with Crippen LogP contribution in [0.2, 0.25) is 0 Å². The maximum absolute atomic E-state index is 14.7. The molecule has 2 aromatic heterocycles. The summed E-state index contributed by atoms with van der Waals surface area (Å²) in [6, 6.07) is 4.60. The Morgan fingerprint density at radius 3 is 2.72 bits per heavy atom. The molecule has 230 valence electrons. The summed E-state index contributed by atoms with van der Waals surface area (Å²) in [5, 5.41) is 10.2. The van der Waals surface area contributed by atoms with Gasteiger partial charge in [0.2, 0.25) is 5.91 Å². The van der Waals surface area contributed by atoms with Crippen molar-refractivity contribution in [2.75, 3.05) is 69.3 Å². The van der Waals surface area contributed by atoms with E-state index in [4.69, 9.17) is 19.8 Å². The first kappa shape index (κ1) is 29.4. The van der Waals surface area contributed by atoms with Crippen LogP contribution < -0.4 is 14.5 Å². The number of piperazine rings is 1. The van der Waals surface area contributed by atoms with Gasteiger partial charge in [0.15, 0.2) is 0 Å². The Kier molecular flexibility index (Phi) is 8.04. The van der Waals surface area contributed by atoms with Gasteiger partial charge in [0, 0.05) is 86.2 Å². The van der Waals surface area contributed by atoms with Crippen LogP contribution >= 0.6 is 0 Å². The van der Waals surface area contributed by atoms with Crippen molar-refractivity contribution in [2.45, 2.75) is 51.9 Å². The van der Waals surface area contributed by atoms with Crippen LogP contribution in [0.3, 0.4) is 0 Å². The third kappa shape index (κ3) is 5.92. The maximum Gasteiger partial charge on any atom is 0.318 e. The first-order valence-corrected chi connectivity index (χ1v) is 15.2. The number of H-pyrrole nitrogens is 1. The number of nitrogens with zero attached hydrogens (tertiary/aromatic N) is 6. The molecule has 3 aliphatic heterocycles. The lowest BCUT2D eigenvalue weighted by molar-refractivity contribution is -0.126. The Morgan fingerprint density at radius 2 is 2.00 bits per heavy atom. The largest absolute Gasteiger partial charge is 0.462 e. The van der Waals surface area contributed by atoms with Gasteiger partial charge in [-0.15, -0.1) is 0 Å². The van der Waals surface area contributed by atoms with Gasteiger partial charge in [0.1, 0.15) is 18.1 Å². The third-order valence-corrected chi connectivity index (χ3v) is 9.21. The molecule has 3 aromatic rings. The number of likely N-dealkylation sites (N-methyl/N-ethyl adjacent to an activating group) is 1. The van der Waals surface area contributed by atoms with Gasteiger partial charge < -0.3 is 29.5 Å². The molecule has 0 saturated carbocycles. The molecule has 6 rings (SSSR count). The van der Waals surface area contributed by atoms with Crippen LogP contribution in [0.15, 0.2) is 30.5 Å². The van der Waals surface area contributed by atoms with Crippen LogP contribution in [0.5, 0.6) is 6.01 Å². The topological polar surface area (TPSA) is 101 Å². The minimum atomic E-state index is -1.23. The van der Waals surface area contributed by atoms with Crippen LogP contribution in [0, 0.1) is 13.8 Å². The number of alkyl halides is 1. The summed E-state index contributed by atoms with van der Waals surface area (Å²) < 4.78 is 20.9. The molecule has 1 aromatic carbocycles. The normalized spacial score (nSPS) is 23.0. The van der Waals surface area contributed by atoms with E-state index >= 15 is 0 Å². The van der Waals surface area contributed by atoms with E-state index in [0.29, 0.717) is 58.3 Å². The van der Waals surface area contributed by atoms with Gasteiger partial charge in [-0.2, -0.15) is 9.97 Å². The molecule has 2 atom stereocenters. The Morgan fingerprint density at radius 1 is 1.21 bits per heavy atom. The molecule has 1 amide bonds. The molecule has 0 spiro atoms. The molecule has 1 unspecified atom stereocenters. The van der Waals surface area contributed by atoms with E-state index in [1.165, 1.54) is 34.4 Å². The zero-order valence-electron chi connectivity index (χ0n) is 25.6. The highest BCUT2D eigenvalue weighted by Gasteiger charge is 2.39. The Balaban J connectivity index is 1.29. The molecule has 2 N–H and O–H groups in total. The fraction of sp³-hybridized carbons (Fsp3) is 0.531. The van der Waals surface area contributed by atoms with Crippen LogP contribution in [0.1, 0.15) is 35.7 Å². The van der Waals surface area contributed by atoms with Crippen molar-refractivity contribution in [3.63, 3.8) is 0 Å². The third-order valence-electron chi connectivity index (χ3n) is 9.21. The van der Waals surface area contributed by atoms with Crippen molar-refractivity contribution in [2.24, 2.45) is 0 Å². The summed E-state index contributed by atoms with van der Waals surface area (Å²) in [6.07, 6.45) is 6.09. The summed E-state index contributed by atoms with van der Waals surface area (Å²) in [6.45, 7) is 10.4. The molecule has 3 aliphatic rings. The smallest absolute Gasteiger partial charge is 0.318 e. The van der Waals surface area contributed by atoms with Gasteiger partial charge in [-0.05, 0) is 57.5 Å². The zero-order valence-corrected chi connectivity index (χ0v) is 25.6. The average molecular weight is 592 g/mol. The minimum absolute atomic E-state index is 0.0482. The highest BCUT2D eigenvalue weighted by molar-refractivity contribution is 5.95. The monoisotopic (exact) mass is 591 g/mol. The van der Waals surface area contributed by atoms with Crippen LogP contribution in [0.25, 0.3) is 10.9 Å². The van der Waals surface area contributed by atoms with Crippen molar-refractivity contribution >= 4 is 28.3 Å². The fourth-order valence-corrected chi connectivity index (χ4v) is 6.85. The number of aliphatic hydroxyl groups excluding tert-OH is 1. The Hall–Kier alpha value is -3.70. The summed E-state index contributed by atoms with van der Waals surface area (Å²) in [5.74, 6) is 0.767. The van der Waals surface area contributed by atoms with Gasteiger partial charge in [-0.3, -0.25) is 9.69 Å². The van der Waals surface area contributed by atoms with E-state index in [0.717, 1.165) is 35.6 Å². The van der Waals surface area contributed by atoms with E-state index in [1.54, 1.807) is 11.8 Å². The summed E-state index contributed by atoms with van der Waals surface area (Å²) in [7, 11) is 1.93. The number of rotatable bonds is 7. The Labute approximate surface area is 252 Å². The molecule has 2 fully saturated rings. The van der Waals surface area contributed by atoms with Crippen LogP contribution in [-0.2, 0) is 17.8 Å².